The second kappa shape index (κ2) is 12.4. The van der Waals surface area contributed by atoms with E-state index in [1.807, 2.05) is 32.9 Å². The predicted molar refractivity (Wildman–Crippen MR) is 143 cm³/mol. The Morgan fingerprint density at radius 2 is 1.08 bits per heavy atom. The molecule has 0 heterocycles. The maximum absolute atomic E-state index is 13.0. The van der Waals surface area contributed by atoms with Crippen LogP contribution in [0.1, 0.15) is 26.3 Å². The van der Waals surface area contributed by atoms with Crippen molar-refractivity contribution >= 4 is 21.9 Å². The van der Waals surface area contributed by atoms with Crippen LogP contribution in [0.15, 0.2) is 124 Å². The predicted octanol–water partition coefficient (Wildman–Crippen LogP) is 8.49. The van der Waals surface area contributed by atoms with Gasteiger partial charge in [-0.3, -0.25) is 0 Å². The summed E-state index contributed by atoms with van der Waals surface area (Å²) in [6.45, 7) is 5.53. The van der Waals surface area contributed by atoms with E-state index in [1.165, 1.54) is 40.1 Å². The molecule has 9 heteroatoms. The van der Waals surface area contributed by atoms with Gasteiger partial charge in [0.25, 0.3) is 0 Å². The molecular weight excluding hydrogens is 533 g/mol. The van der Waals surface area contributed by atoms with E-state index >= 15 is 0 Å². The van der Waals surface area contributed by atoms with Gasteiger partial charge in [-0.2, -0.15) is 21.6 Å². The van der Waals surface area contributed by atoms with Crippen LogP contribution in [0.25, 0.3) is 0 Å². The highest BCUT2D eigenvalue weighted by Crippen LogP contribution is 2.35. The topological polar surface area (TPSA) is 52.6 Å². The summed E-state index contributed by atoms with van der Waals surface area (Å²) in [5.74, 6) is 0.367. The summed E-state index contributed by atoms with van der Waals surface area (Å²) >= 11 is 1.79. The fraction of sp³-hybridized carbons (Fsp3) is 0.172. The summed E-state index contributed by atoms with van der Waals surface area (Å²) in [4.78, 5) is 1.64. The number of halogens is 3. The lowest BCUT2D eigenvalue weighted by Gasteiger charge is -2.21. The lowest BCUT2D eigenvalue weighted by Crippen LogP contribution is -2.22. The Labute approximate surface area is 225 Å². The number of ether oxygens (including phenoxy) is 1. The average Bonchev–Trinajstić information content (AvgIpc) is 2.85. The van der Waals surface area contributed by atoms with Gasteiger partial charge in [0.05, 0.1) is 5.56 Å². The maximum Gasteiger partial charge on any atom is 0.417 e. The molecule has 0 atom stereocenters. The van der Waals surface area contributed by atoms with Crippen LogP contribution in [-0.4, -0.2) is 14.0 Å². The molecular formula is C29H27F3O4S2. The third-order valence-corrected chi connectivity index (χ3v) is 6.96. The molecule has 0 unspecified atom stereocenters. The van der Waals surface area contributed by atoms with Gasteiger partial charge in [0.1, 0.15) is 22.0 Å². The zero-order chi connectivity index (χ0) is 27.8. The Morgan fingerprint density at radius 3 is 1.55 bits per heavy atom. The first-order valence-corrected chi connectivity index (χ1v) is 13.7. The summed E-state index contributed by atoms with van der Waals surface area (Å²) in [5, 5.41) is 0. The monoisotopic (exact) mass is 560 g/mol. The Morgan fingerprint density at radius 1 is 0.632 bits per heavy atom. The summed E-state index contributed by atoms with van der Waals surface area (Å²) in [6.07, 6.45) is -4.81. The van der Waals surface area contributed by atoms with Gasteiger partial charge in [-0.05, 0) is 81.4 Å². The SMILES string of the molecule is CC(C)(C)Oc1ccc(OS(=O)(=O)c2ccccc2C(F)(F)F)cc1.c1ccc(Sc2ccccc2)cc1. The maximum atomic E-state index is 13.0. The van der Waals surface area contributed by atoms with Gasteiger partial charge in [-0.15, -0.1) is 0 Å². The van der Waals surface area contributed by atoms with Crippen LogP contribution in [-0.2, 0) is 16.3 Å². The van der Waals surface area contributed by atoms with Crippen LogP contribution in [0, 0.1) is 0 Å². The lowest BCUT2D eigenvalue weighted by molar-refractivity contribution is -0.139. The molecule has 0 spiro atoms. The normalized spacial score (nSPS) is 11.7. The quantitative estimate of drug-likeness (QED) is 0.221. The van der Waals surface area contributed by atoms with Crippen molar-refractivity contribution in [3.8, 4) is 11.5 Å². The van der Waals surface area contributed by atoms with Gasteiger partial charge in [-0.1, -0.05) is 60.3 Å². The van der Waals surface area contributed by atoms with Crippen molar-refractivity contribution in [1.82, 2.24) is 0 Å². The van der Waals surface area contributed by atoms with E-state index in [0.717, 1.165) is 12.1 Å². The summed E-state index contributed by atoms with van der Waals surface area (Å²) < 4.78 is 73.8. The Kier molecular flexibility index (Phi) is 9.51. The van der Waals surface area contributed by atoms with E-state index in [1.54, 1.807) is 11.8 Å². The van der Waals surface area contributed by atoms with E-state index in [0.29, 0.717) is 11.8 Å². The van der Waals surface area contributed by atoms with Crippen LogP contribution in [0.5, 0.6) is 11.5 Å². The fourth-order valence-corrected chi connectivity index (χ4v) is 5.13. The Hall–Kier alpha value is -3.43. The van der Waals surface area contributed by atoms with E-state index in [4.69, 9.17) is 8.92 Å². The number of rotatable bonds is 6. The van der Waals surface area contributed by atoms with Gasteiger partial charge >= 0.3 is 16.3 Å². The smallest absolute Gasteiger partial charge is 0.417 e. The average molecular weight is 561 g/mol. The molecule has 200 valence electrons. The van der Waals surface area contributed by atoms with Gasteiger partial charge in [0.15, 0.2) is 0 Å². The van der Waals surface area contributed by atoms with Crippen LogP contribution < -0.4 is 8.92 Å². The lowest BCUT2D eigenvalue weighted by atomic mass is 10.2. The molecule has 4 nitrogen and oxygen atoms in total. The minimum atomic E-state index is -4.81. The summed E-state index contributed by atoms with van der Waals surface area (Å²) in [6, 6.07) is 30.3. The second-order valence-corrected chi connectivity index (χ2v) is 11.6. The molecule has 0 N–H and O–H groups in total. The van der Waals surface area contributed by atoms with Crippen LogP contribution in [0.4, 0.5) is 13.2 Å². The highest BCUT2D eigenvalue weighted by atomic mass is 32.2. The molecule has 0 aliphatic carbocycles. The van der Waals surface area contributed by atoms with Gasteiger partial charge in [0.2, 0.25) is 0 Å². The summed E-state index contributed by atoms with van der Waals surface area (Å²) in [7, 11) is -4.64. The van der Waals surface area contributed by atoms with E-state index in [9.17, 15) is 21.6 Å². The molecule has 4 aromatic rings. The minimum absolute atomic E-state index is 0.113. The molecule has 4 rings (SSSR count). The minimum Gasteiger partial charge on any atom is -0.488 e. The molecule has 0 aliphatic heterocycles. The summed E-state index contributed by atoms with van der Waals surface area (Å²) in [5.41, 5.74) is -1.72. The van der Waals surface area contributed by atoms with E-state index in [-0.39, 0.29) is 5.75 Å². The first kappa shape index (κ1) is 29.1. The van der Waals surface area contributed by atoms with Crippen molar-refractivity contribution in [3.05, 3.63) is 115 Å². The molecule has 0 saturated heterocycles. The first-order chi connectivity index (χ1) is 17.8. The first-order valence-electron chi connectivity index (χ1n) is 11.5. The molecule has 38 heavy (non-hydrogen) atoms. The van der Waals surface area contributed by atoms with Crippen LogP contribution in [0.3, 0.4) is 0 Å². The molecule has 0 fully saturated rings. The second-order valence-electron chi connectivity index (χ2n) is 8.95. The third-order valence-electron chi connectivity index (χ3n) is 4.64. The largest absolute Gasteiger partial charge is 0.488 e. The fourth-order valence-electron chi connectivity index (χ4n) is 3.12. The zero-order valence-electron chi connectivity index (χ0n) is 21.0. The molecule has 0 amide bonds. The van der Waals surface area contributed by atoms with E-state index in [2.05, 4.69) is 48.5 Å². The van der Waals surface area contributed by atoms with Gasteiger partial charge < -0.3 is 8.92 Å². The zero-order valence-corrected chi connectivity index (χ0v) is 22.6. The van der Waals surface area contributed by atoms with Crippen LogP contribution >= 0.6 is 11.8 Å². The van der Waals surface area contributed by atoms with Gasteiger partial charge in [-0.25, -0.2) is 0 Å². The van der Waals surface area contributed by atoms with Crippen LogP contribution in [0.2, 0.25) is 0 Å². The van der Waals surface area contributed by atoms with Crippen molar-refractivity contribution in [2.75, 3.05) is 0 Å². The number of hydrogen-bond donors (Lipinski definition) is 0. The van der Waals surface area contributed by atoms with E-state index < -0.39 is 32.4 Å². The molecule has 0 aliphatic rings. The van der Waals surface area contributed by atoms with Gasteiger partial charge in [0, 0.05) is 9.79 Å². The third kappa shape index (κ3) is 9.15. The number of alkyl halides is 3. The van der Waals surface area contributed by atoms with Crippen molar-refractivity contribution in [2.45, 2.75) is 47.2 Å². The molecule has 0 radical (unpaired) electrons. The highest BCUT2D eigenvalue weighted by Gasteiger charge is 2.37. The van der Waals surface area contributed by atoms with Crippen molar-refractivity contribution in [3.63, 3.8) is 0 Å². The standard InChI is InChI=1S/C17H17F3O4S.C12H10S/c1-16(2,3)23-12-8-10-13(11-9-12)24-25(21,22)15-7-5-4-6-14(15)17(18,19)20;1-3-7-11(8-4-1)13-12-9-5-2-6-10-12/h4-11H,1-3H3;1-10H. The molecule has 0 aromatic heterocycles. The van der Waals surface area contributed by atoms with Crippen molar-refractivity contribution < 1.29 is 30.5 Å². The van der Waals surface area contributed by atoms with Crippen molar-refractivity contribution in [2.24, 2.45) is 0 Å². The van der Waals surface area contributed by atoms with Crippen molar-refractivity contribution in [1.29, 1.82) is 0 Å². The molecule has 0 saturated carbocycles. The molecule has 4 aromatic carbocycles. The Bertz CT molecular complexity index is 1360. The molecule has 0 bridgehead atoms. The number of benzene rings is 4. The number of hydrogen-bond acceptors (Lipinski definition) is 5. The Balaban J connectivity index is 0.000000256. The highest BCUT2D eigenvalue weighted by molar-refractivity contribution is 7.99.